The van der Waals surface area contributed by atoms with Gasteiger partial charge < -0.3 is 11.1 Å². The largest absolute Gasteiger partial charge is 0.366 e. The average molecular weight is 258 g/mol. The fraction of sp³-hybridized carbons (Fsp3) is 0.438. The number of nitrogens with two attached hydrogens (primary N) is 1. The smallest absolute Gasteiger partial charge is 0.244 e. The molecule has 3 N–H and O–H groups in total. The number of benzene rings is 1. The normalized spacial score (nSPS) is 15.7. The average Bonchev–Trinajstić information content (AvgIpc) is 2.43. The molecule has 1 aromatic rings. The standard InChI is InChI=1S/C16H22N2O/c1-3-14(15(4-2)16(17)19)12-6-5-11-7-8-18-10-13(11)9-12/h5-6,9,18H,3-4,7-8,10H2,1-2H3,(H2,17,19). The van der Waals surface area contributed by atoms with Crippen LogP contribution in [0, 0.1) is 0 Å². The summed E-state index contributed by atoms with van der Waals surface area (Å²) in [6.07, 6.45) is 2.60. The lowest BCUT2D eigenvalue weighted by Crippen LogP contribution is -2.23. The van der Waals surface area contributed by atoms with Crippen LogP contribution < -0.4 is 11.1 Å². The molecule has 0 radical (unpaired) electrons. The highest BCUT2D eigenvalue weighted by Gasteiger charge is 2.14. The van der Waals surface area contributed by atoms with Crippen molar-refractivity contribution in [3.63, 3.8) is 0 Å². The van der Waals surface area contributed by atoms with Gasteiger partial charge in [0.2, 0.25) is 5.91 Å². The third-order valence-corrected chi connectivity index (χ3v) is 3.81. The van der Waals surface area contributed by atoms with E-state index in [-0.39, 0.29) is 5.91 Å². The molecule has 0 aromatic heterocycles. The van der Waals surface area contributed by atoms with Crippen LogP contribution in [-0.2, 0) is 17.8 Å². The first-order valence-electron chi connectivity index (χ1n) is 7.02. The van der Waals surface area contributed by atoms with Crippen molar-refractivity contribution in [3.05, 3.63) is 40.5 Å². The quantitative estimate of drug-likeness (QED) is 0.815. The van der Waals surface area contributed by atoms with Crippen LogP contribution in [0.4, 0.5) is 0 Å². The lowest BCUT2D eigenvalue weighted by atomic mass is 9.91. The van der Waals surface area contributed by atoms with Crippen molar-refractivity contribution in [2.24, 2.45) is 5.73 Å². The predicted molar refractivity (Wildman–Crippen MR) is 78.5 cm³/mol. The molecule has 0 saturated heterocycles. The lowest BCUT2D eigenvalue weighted by Gasteiger charge is -2.19. The molecule has 0 spiro atoms. The second-order valence-electron chi connectivity index (χ2n) is 4.94. The van der Waals surface area contributed by atoms with E-state index in [0.717, 1.165) is 42.6 Å². The van der Waals surface area contributed by atoms with E-state index in [9.17, 15) is 4.79 Å². The zero-order chi connectivity index (χ0) is 13.8. The fourth-order valence-corrected chi connectivity index (χ4v) is 2.80. The minimum Gasteiger partial charge on any atom is -0.366 e. The van der Waals surface area contributed by atoms with Crippen LogP contribution in [0.2, 0.25) is 0 Å². The second-order valence-corrected chi connectivity index (χ2v) is 4.94. The van der Waals surface area contributed by atoms with Gasteiger partial charge in [0, 0.05) is 12.1 Å². The van der Waals surface area contributed by atoms with Crippen molar-refractivity contribution in [1.29, 1.82) is 0 Å². The van der Waals surface area contributed by atoms with Gasteiger partial charge in [-0.15, -0.1) is 0 Å². The van der Waals surface area contributed by atoms with Crippen molar-refractivity contribution >= 4 is 11.5 Å². The van der Waals surface area contributed by atoms with E-state index in [1.807, 2.05) is 6.92 Å². The summed E-state index contributed by atoms with van der Waals surface area (Å²) in [6.45, 7) is 6.02. The monoisotopic (exact) mass is 258 g/mol. The topological polar surface area (TPSA) is 55.1 Å². The van der Waals surface area contributed by atoms with Crippen LogP contribution in [0.15, 0.2) is 23.8 Å². The Morgan fingerprint density at radius 1 is 1.26 bits per heavy atom. The summed E-state index contributed by atoms with van der Waals surface area (Å²) < 4.78 is 0. The molecule has 3 nitrogen and oxygen atoms in total. The number of hydrogen-bond acceptors (Lipinski definition) is 2. The Labute approximate surface area is 114 Å². The summed E-state index contributed by atoms with van der Waals surface area (Å²) in [5, 5.41) is 3.38. The minimum absolute atomic E-state index is 0.296. The van der Waals surface area contributed by atoms with Gasteiger partial charge in [0.05, 0.1) is 0 Å². The van der Waals surface area contributed by atoms with Gasteiger partial charge in [0.15, 0.2) is 0 Å². The van der Waals surface area contributed by atoms with E-state index in [2.05, 4.69) is 30.4 Å². The molecule has 19 heavy (non-hydrogen) atoms. The van der Waals surface area contributed by atoms with E-state index >= 15 is 0 Å². The van der Waals surface area contributed by atoms with Gasteiger partial charge in [-0.2, -0.15) is 0 Å². The van der Waals surface area contributed by atoms with Crippen molar-refractivity contribution in [2.75, 3.05) is 6.54 Å². The van der Waals surface area contributed by atoms with E-state index in [0.29, 0.717) is 6.42 Å². The van der Waals surface area contributed by atoms with Gasteiger partial charge in [0.1, 0.15) is 0 Å². The lowest BCUT2D eigenvalue weighted by molar-refractivity contribution is -0.114. The van der Waals surface area contributed by atoms with Gasteiger partial charge in [0.25, 0.3) is 0 Å². The maximum atomic E-state index is 11.5. The SMILES string of the molecule is CCC(C(N)=O)=C(CC)c1ccc2c(c1)CNCC2. The van der Waals surface area contributed by atoms with E-state index in [1.54, 1.807) is 0 Å². The van der Waals surface area contributed by atoms with Gasteiger partial charge in [-0.1, -0.05) is 26.0 Å². The number of hydrogen-bond donors (Lipinski definition) is 2. The number of primary amides is 1. The highest BCUT2D eigenvalue weighted by molar-refractivity contribution is 6.00. The van der Waals surface area contributed by atoms with E-state index < -0.39 is 0 Å². The molecular formula is C16H22N2O. The molecule has 0 saturated carbocycles. The summed E-state index contributed by atoms with van der Waals surface area (Å²) >= 11 is 0. The van der Waals surface area contributed by atoms with Crippen molar-refractivity contribution in [1.82, 2.24) is 5.32 Å². The van der Waals surface area contributed by atoms with Crippen LogP contribution in [-0.4, -0.2) is 12.5 Å². The molecule has 102 valence electrons. The Morgan fingerprint density at radius 3 is 2.68 bits per heavy atom. The van der Waals surface area contributed by atoms with Crippen LogP contribution in [0.5, 0.6) is 0 Å². The molecule has 0 bridgehead atoms. The Hall–Kier alpha value is -1.61. The Balaban J connectivity index is 2.47. The predicted octanol–water partition coefficient (Wildman–Crippen LogP) is 2.39. The van der Waals surface area contributed by atoms with Gasteiger partial charge in [-0.25, -0.2) is 0 Å². The number of allylic oxidation sites excluding steroid dienone is 1. The molecule has 0 atom stereocenters. The van der Waals surface area contributed by atoms with Crippen LogP contribution in [0.1, 0.15) is 43.4 Å². The minimum atomic E-state index is -0.296. The first-order chi connectivity index (χ1) is 9.17. The summed E-state index contributed by atoms with van der Waals surface area (Å²) in [5.41, 5.74) is 11.2. The number of carbonyl (C=O) groups is 1. The summed E-state index contributed by atoms with van der Waals surface area (Å²) in [5.74, 6) is -0.296. The first kappa shape index (κ1) is 13.8. The van der Waals surface area contributed by atoms with Crippen molar-refractivity contribution in [2.45, 2.75) is 39.7 Å². The summed E-state index contributed by atoms with van der Waals surface area (Å²) in [6, 6.07) is 6.52. The zero-order valence-corrected chi connectivity index (χ0v) is 11.8. The highest BCUT2D eigenvalue weighted by atomic mass is 16.1. The Kier molecular flexibility index (Phi) is 4.38. The molecule has 3 heteroatoms. The Morgan fingerprint density at radius 2 is 2.05 bits per heavy atom. The fourth-order valence-electron chi connectivity index (χ4n) is 2.80. The molecule has 1 aliphatic heterocycles. The Bertz CT molecular complexity index is 517. The third-order valence-electron chi connectivity index (χ3n) is 3.81. The number of nitrogens with one attached hydrogen (secondary N) is 1. The second kappa shape index (κ2) is 6.02. The van der Waals surface area contributed by atoms with Gasteiger partial charge in [-0.3, -0.25) is 4.79 Å². The number of carbonyl (C=O) groups excluding carboxylic acids is 1. The molecule has 1 amide bonds. The number of amides is 1. The molecule has 0 fully saturated rings. The zero-order valence-electron chi connectivity index (χ0n) is 11.8. The number of rotatable bonds is 4. The molecule has 1 heterocycles. The highest BCUT2D eigenvalue weighted by Crippen LogP contribution is 2.27. The van der Waals surface area contributed by atoms with Crippen LogP contribution in [0.25, 0.3) is 5.57 Å². The van der Waals surface area contributed by atoms with Crippen molar-refractivity contribution in [3.8, 4) is 0 Å². The van der Waals surface area contributed by atoms with E-state index in [1.165, 1.54) is 11.1 Å². The molecular weight excluding hydrogens is 236 g/mol. The first-order valence-corrected chi connectivity index (χ1v) is 7.02. The molecule has 1 aromatic carbocycles. The van der Waals surface area contributed by atoms with Crippen molar-refractivity contribution < 1.29 is 4.79 Å². The van der Waals surface area contributed by atoms with E-state index in [4.69, 9.17) is 5.73 Å². The molecule has 0 aliphatic carbocycles. The molecule has 2 rings (SSSR count). The third kappa shape index (κ3) is 2.87. The molecule has 0 unspecified atom stereocenters. The maximum Gasteiger partial charge on any atom is 0.244 e. The number of fused-ring (bicyclic) bond motifs is 1. The molecule has 1 aliphatic rings. The van der Waals surface area contributed by atoms with Gasteiger partial charge in [-0.05, 0) is 54.1 Å². The summed E-state index contributed by atoms with van der Waals surface area (Å²) in [4.78, 5) is 11.5. The maximum absolute atomic E-state index is 11.5. The summed E-state index contributed by atoms with van der Waals surface area (Å²) in [7, 11) is 0. The van der Waals surface area contributed by atoms with Crippen LogP contribution >= 0.6 is 0 Å². The van der Waals surface area contributed by atoms with Gasteiger partial charge >= 0.3 is 0 Å². The van der Waals surface area contributed by atoms with Crippen LogP contribution in [0.3, 0.4) is 0 Å².